The molecule has 0 spiro atoms. The zero-order valence-electron chi connectivity index (χ0n) is 10.8. The first-order valence-corrected chi connectivity index (χ1v) is 5.84. The van der Waals surface area contributed by atoms with Crippen molar-refractivity contribution in [1.82, 2.24) is 10.3 Å². The molecular weight excluding hydrogens is 262 g/mol. The van der Waals surface area contributed by atoms with Crippen LogP contribution in [-0.2, 0) is 9.53 Å². The molecule has 0 radical (unpaired) electrons. The topological polar surface area (TPSA) is 115 Å². The summed E-state index contributed by atoms with van der Waals surface area (Å²) in [6.45, 7) is -0.0989. The van der Waals surface area contributed by atoms with E-state index in [1.165, 1.54) is 6.20 Å². The molecule has 0 saturated heterocycles. The highest BCUT2D eigenvalue weighted by atomic mass is 16.5. The van der Waals surface area contributed by atoms with Crippen LogP contribution in [0.4, 0.5) is 0 Å². The molecule has 1 aromatic heterocycles. The summed E-state index contributed by atoms with van der Waals surface area (Å²) in [7, 11) is 0. The second kappa shape index (κ2) is 8.63. The van der Waals surface area contributed by atoms with Gasteiger partial charge in [-0.25, -0.2) is 4.98 Å². The summed E-state index contributed by atoms with van der Waals surface area (Å²) < 4.78 is 4.91. The number of nitrogens with zero attached hydrogens (tertiary/aromatic N) is 1. The lowest BCUT2D eigenvalue weighted by atomic mass is 10.2. The number of amides is 2. The molecule has 1 aromatic rings. The van der Waals surface area contributed by atoms with Gasteiger partial charge >= 0.3 is 0 Å². The normalized spacial score (nSPS) is 9.45. The molecule has 0 aliphatic carbocycles. The lowest BCUT2D eigenvalue weighted by Gasteiger charge is -2.06. The highest BCUT2D eigenvalue weighted by molar-refractivity contribution is 5.94. The zero-order chi connectivity index (χ0) is 14.8. The Balaban J connectivity index is 2.53. The molecule has 106 valence electrons. The van der Waals surface area contributed by atoms with Crippen molar-refractivity contribution in [2.24, 2.45) is 5.73 Å². The van der Waals surface area contributed by atoms with Gasteiger partial charge in [-0.15, -0.1) is 0 Å². The monoisotopic (exact) mass is 277 g/mol. The van der Waals surface area contributed by atoms with E-state index in [4.69, 9.17) is 15.6 Å². The Hall–Kier alpha value is -2.43. The van der Waals surface area contributed by atoms with Crippen molar-refractivity contribution in [3.05, 3.63) is 29.6 Å². The molecule has 0 fully saturated rings. The quantitative estimate of drug-likeness (QED) is 0.439. The Kier molecular flexibility index (Phi) is 6.75. The SMILES string of the molecule is NC(=O)COCCNC(=O)c1ncccc1C#CCO. The summed E-state index contributed by atoms with van der Waals surface area (Å²) in [5.41, 5.74) is 5.49. The van der Waals surface area contributed by atoms with Crippen molar-refractivity contribution >= 4 is 11.8 Å². The molecule has 0 atom stereocenters. The number of ether oxygens (including phenoxy) is 1. The molecule has 0 aliphatic rings. The van der Waals surface area contributed by atoms with E-state index in [1.807, 2.05) is 0 Å². The molecule has 20 heavy (non-hydrogen) atoms. The first kappa shape index (κ1) is 15.6. The van der Waals surface area contributed by atoms with E-state index in [1.54, 1.807) is 12.1 Å². The molecular formula is C13H15N3O4. The number of primary amides is 1. The molecule has 7 nitrogen and oxygen atoms in total. The van der Waals surface area contributed by atoms with E-state index < -0.39 is 11.8 Å². The number of pyridine rings is 1. The number of hydrogen-bond donors (Lipinski definition) is 3. The lowest BCUT2D eigenvalue weighted by Crippen LogP contribution is -2.30. The van der Waals surface area contributed by atoms with Crippen LogP contribution in [0.1, 0.15) is 16.1 Å². The molecule has 0 unspecified atom stereocenters. The number of rotatable bonds is 6. The first-order valence-electron chi connectivity index (χ1n) is 5.84. The highest BCUT2D eigenvalue weighted by Gasteiger charge is 2.10. The van der Waals surface area contributed by atoms with Crippen molar-refractivity contribution in [2.45, 2.75) is 0 Å². The minimum absolute atomic E-state index is 0.166. The summed E-state index contributed by atoms with van der Waals surface area (Å²) in [4.78, 5) is 26.2. The van der Waals surface area contributed by atoms with Crippen LogP contribution in [0.2, 0.25) is 0 Å². The van der Waals surface area contributed by atoms with Gasteiger partial charge in [-0.05, 0) is 12.1 Å². The van der Waals surface area contributed by atoms with Gasteiger partial charge < -0.3 is 20.9 Å². The maximum atomic E-state index is 11.9. The van der Waals surface area contributed by atoms with Gasteiger partial charge in [-0.3, -0.25) is 9.59 Å². The molecule has 4 N–H and O–H groups in total. The Bertz CT molecular complexity index is 534. The second-order valence-corrected chi connectivity index (χ2v) is 3.63. The van der Waals surface area contributed by atoms with E-state index in [-0.39, 0.29) is 32.1 Å². The molecule has 0 saturated carbocycles. The van der Waals surface area contributed by atoms with Crippen LogP contribution in [-0.4, -0.2) is 48.3 Å². The van der Waals surface area contributed by atoms with Crippen LogP contribution in [0.15, 0.2) is 18.3 Å². The van der Waals surface area contributed by atoms with Crippen molar-refractivity contribution < 1.29 is 19.4 Å². The van der Waals surface area contributed by atoms with E-state index in [9.17, 15) is 9.59 Å². The molecule has 2 amide bonds. The van der Waals surface area contributed by atoms with Crippen molar-refractivity contribution in [1.29, 1.82) is 0 Å². The predicted octanol–water partition coefficient (Wildman–Crippen LogP) is -1.34. The average Bonchev–Trinajstić information content (AvgIpc) is 2.44. The van der Waals surface area contributed by atoms with E-state index in [0.717, 1.165) is 0 Å². The molecule has 1 heterocycles. The number of carbonyl (C=O) groups is 2. The van der Waals surface area contributed by atoms with Crippen molar-refractivity contribution in [2.75, 3.05) is 26.4 Å². The van der Waals surface area contributed by atoms with E-state index in [2.05, 4.69) is 22.1 Å². The zero-order valence-corrected chi connectivity index (χ0v) is 10.8. The largest absolute Gasteiger partial charge is 0.384 e. The third-order valence-electron chi connectivity index (χ3n) is 2.10. The standard InChI is InChI=1S/C13H15N3O4/c14-11(18)9-20-8-6-16-13(19)12-10(4-2-7-17)3-1-5-15-12/h1,3,5,17H,6-9H2,(H2,14,18)(H,16,19). The smallest absolute Gasteiger partial charge is 0.271 e. The molecule has 0 aromatic carbocycles. The van der Waals surface area contributed by atoms with Crippen LogP contribution in [0.5, 0.6) is 0 Å². The summed E-state index contributed by atoms with van der Waals surface area (Å²) >= 11 is 0. The number of aromatic nitrogens is 1. The van der Waals surface area contributed by atoms with Crippen LogP contribution < -0.4 is 11.1 Å². The molecule has 7 heteroatoms. The van der Waals surface area contributed by atoms with Crippen molar-refractivity contribution in [3.8, 4) is 11.8 Å². The van der Waals surface area contributed by atoms with Gasteiger partial charge in [0.25, 0.3) is 5.91 Å². The third-order valence-corrected chi connectivity index (χ3v) is 2.10. The predicted molar refractivity (Wildman–Crippen MR) is 70.5 cm³/mol. The van der Waals surface area contributed by atoms with Crippen molar-refractivity contribution in [3.63, 3.8) is 0 Å². The Morgan fingerprint density at radius 1 is 1.50 bits per heavy atom. The van der Waals surface area contributed by atoms with Gasteiger partial charge in [0.05, 0.1) is 12.2 Å². The van der Waals surface area contributed by atoms with Gasteiger partial charge in [0.15, 0.2) is 0 Å². The minimum Gasteiger partial charge on any atom is -0.384 e. The van der Waals surface area contributed by atoms with Gasteiger partial charge in [-0.1, -0.05) is 11.8 Å². The number of hydrogen-bond acceptors (Lipinski definition) is 5. The van der Waals surface area contributed by atoms with Crippen LogP contribution in [0, 0.1) is 11.8 Å². The fourth-order valence-corrected chi connectivity index (χ4v) is 1.32. The molecule has 1 rings (SSSR count). The third kappa shape index (κ3) is 5.48. The average molecular weight is 277 g/mol. The lowest BCUT2D eigenvalue weighted by molar-refractivity contribution is -0.122. The summed E-state index contributed by atoms with van der Waals surface area (Å²) in [5, 5.41) is 11.2. The Morgan fingerprint density at radius 3 is 3.00 bits per heavy atom. The Morgan fingerprint density at radius 2 is 2.30 bits per heavy atom. The van der Waals surface area contributed by atoms with Gasteiger partial charge in [0.2, 0.25) is 5.91 Å². The fourth-order valence-electron chi connectivity index (χ4n) is 1.32. The minimum atomic E-state index is -0.567. The second-order valence-electron chi connectivity index (χ2n) is 3.63. The van der Waals surface area contributed by atoms with Gasteiger partial charge in [-0.2, -0.15) is 0 Å². The van der Waals surface area contributed by atoms with E-state index >= 15 is 0 Å². The number of aliphatic hydroxyl groups is 1. The van der Waals surface area contributed by atoms with Crippen LogP contribution in [0.3, 0.4) is 0 Å². The van der Waals surface area contributed by atoms with Gasteiger partial charge in [0.1, 0.15) is 18.9 Å². The van der Waals surface area contributed by atoms with Crippen LogP contribution in [0.25, 0.3) is 0 Å². The number of aliphatic hydroxyl groups excluding tert-OH is 1. The maximum absolute atomic E-state index is 11.9. The first-order chi connectivity index (χ1) is 9.65. The van der Waals surface area contributed by atoms with Crippen LogP contribution >= 0.6 is 0 Å². The van der Waals surface area contributed by atoms with E-state index in [0.29, 0.717) is 5.56 Å². The molecule has 0 bridgehead atoms. The number of carbonyl (C=O) groups excluding carboxylic acids is 2. The summed E-state index contributed by atoms with van der Waals surface area (Å²) in [6, 6.07) is 3.28. The Labute approximate surface area is 116 Å². The summed E-state index contributed by atoms with van der Waals surface area (Å²) in [5.74, 6) is 4.13. The molecule has 0 aliphatic heterocycles. The summed E-state index contributed by atoms with van der Waals surface area (Å²) in [6.07, 6.45) is 1.47. The number of nitrogens with one attached hydrogen (secondary N) is 1. The maximum Gasteiger partial charge on any atom is 0.271 e. The number of nitrogens with two attached hydrogens (primary N) is 1. The highest BCUT2D eigenvalue weighted by Crippen LogP contribution is 2.03. The van der Waals surface area contributed by atoms with Gasteiger partial charge in [0, 0.05) is 12.7 Å². The fraction of sp³-hybridized carbons (Fsp3) is 0.308.